The number of nitrogens with one attached hydrogen (secondary N) is 1. The van der Waals surface area contributed by atoms with E-state index >= 15 is 0 Å². The molecule has 43 heavy (non-hydrogen) atoms. The highest BCUT2D eigenvalue weighted by Gasteiger charge is 2.45. The highest BCUT2D eigenvalue weighted by Crippen LogP contribution is 2.56. The van der Waals surface area contributed by atoms with Gasteiger partial charge < -0.3 is 5.32 Å². The molecule has 0 spiro atoms. The molecular formula is C41H27NS. The number of fused-ring (bicyclic) bond motifs is 8. The first-order valence-electron chi connectivity index (χ1n) is 14.8. The number of rotatable bonds is 4. The van der Waals surface area contributed by atoms with E-state index in [2.05, 4.69) is 163 Å². The van der Waals surface area contributed by atoms with E-state index in [1.807, 2.05) is 11.3 Å². The van der Waals surface area contributed by atoms with E-state index in [4.69, 9.17) is 0 Å². The molecule has 0 saturated heterocycles. The normalized spacial score (nSPS) is 13.3. The van der Waals surface area contributed by atoms with E-state index in [0.29, 0.717) is 0 Å². The topological polar surface area (TPSA) is 12.0 Å². The van der Waals surface area contributed by atoms with Gasteiger partial charge in [0.2, 0.25) is 0 Å². The molecule has 0 radical (unpaired) electrons. The molecule has 0 saturated carbocycles. The summed E-state index contributed by atoms with van der Waals surface area (Å²) in [5.41, 5.74) is 9.67. The van der Waals surface area contributed by atoms with Crippen molar-refractivity contribution in [2.45, 2.75) is 5.41 Å². The van der Waals surface area contributed by atoms with Crippen molar-refractivity contribution in [3.8, 4) is 11.1 Å². The summed E-state index contributed by atoms with van der Waals surface area (Å²) in [6.45, 7) is 0. The largest absolute Gasteiger partial charge is 0.354 e. The molecule has 0 amide bonds. The van der Waals surface area contributed by atoms with Crippen molar-refractivity contribution in [1.29, 1.82) is 0 Å². The van der Waals surface area contributed by atoms with Gasteiger partial charge in [0.25, 0.3) is 0 Å². The van der Waals surface area contributed by atoms with Gasteiger partial charge in [0.05, 0.1) is 15.8 Å². The van der Waals surface area contributed by atoms with Crippen molar-refractivity contribution in [3.63, 3.8) is 0 Å². The van der Waals surface area contributed by atoms with Crippen molar-refractivity contribution >= 4 is 53.7 Å². The van der Waals surface area contributed by atoms with E-state index in [-0.39, 0.29) is 5.41 Å². The maximum Gasteiger partial charge on any atom is 0.0713 e. The average molecular weight is 566 g/mol. The Morgan fingerprint density at radius 1 is 0.442 bits per heavy atom. The second kappa shape index (κ2) is 9.42. The number of hydrogen-bond acceptors (Lipinski definition) is 2. The lowest BCUT2D eigenvalue weighted by atomic mass is 9.68. The number of anilines is 2. The molecule has 1 aliphatic carbocycles. The zero-order valence-electron chi connectivity index (χ0n) is 23.4. The molecule has 1 heterocycles. The Kier molecular flexibility index (Phi) is 5.35. The highest BCUT2D eigenvalue weighted by molar-refractivity contribution is 7.27. The van der Waals surface area contributed by atoms with Gasteiger partial charge in [-0.1, -0.05) is 140 Å². The molecule has 0 unspecified atom stereocenters. The summed E-state index contributed by atoms with van der Waals surface area (Å²) in [5, 5.41) is 9.06. The minimum atomic E-state index is -0.375. The molecule has 8 aromatic rings. The second-order valence-electron chi connectivity index (χ2n) is 11.4. The van der Waals surface area contributed by atoms with Crippen LogP contribution in [-0.4, -0.2) is 0 Å². The van der Waals surface area contributed by atoms with Crippen LogP contribution in [0.1, 0.15) is 22.3 Å². The summed E-state index contributed by atoms with van der Waals surface area (Å²) in [4.78, 5) is 0. The monoisotopic (exact) mass is 565 g/mol. The Labute approximate surface area is 254 Å². The first kappa shape index (κ1) is 24.4. The van der Waals surface area contributed by atoms with E-state index in [0.717, 1.165) is 11.4 Å². The van der Waals surface area contributed by atoms with Gasteiger partial charge in [0.15, 0.2) is 0 Å². The lowest BCUT2D eigenvalue weighted by molar-refractivity contribution is 0.768. The van der Waals surface area contributed by atoms with Crippen LogP contribution >= 0.6 is 11.3 Å². The van der Waals surface area contributed by atoms with Gasteiger partial charge in [-0.05, 0) is 62.4 Å². The van der Waals surface area contributed by atoms with Crippen LogP contribution in [0.4, 0.5) is 11.4 Å². The molecule has 1 nitrogen and oxygen atoms in total. The molecule has 202 valence electrons. The van der Waals surface area contributed by atoms with Crippen LogP contribution in [0.25, 0.3) is 42.1 Å². The summed E-state index contributed by atoms with van der Waals surface area (Å²) < 4.78 is 2.64. The predicted octanol–water partition coefficient (Wildman–Crippen LogP) is 11.3. The summed E-state index contributed by atoms with van der Waals surface area (Å²) in [7, 11) is 0. The molecular weight excluding hydrogens is 539 g/mol. The summed E-state index contributed by atoms with van der Waals surface area (Å²) in [6.07, 6.45) is 0. The Morgan fingerprint density at radius 3 is 1.91 bits per heavy atom. The maximum absolute atomic E-state index is 3.83. The predicted molar refractivity (Wildman–Crippen MR) is 184 cm³/mol. The number of hydrogen-bond donors (Lipinski definition) is 1. The fourth-order valence-corrected chi connectivity index (χ4v) is 8.61. The van der Waals surface area contributed by atoms with Gasteiger partial charge in [-0.25, -0.2) is 0 Å². The molecule has 2 heteroatoms. The van der Waals surface area contributed by atoms with Crippen molar-refractivity contribution in [3.05, 3.63) is 180 Å². The quantitative estimate of drug-likeness (QED) is 0.224. The highest BCUT2D eigenvalue weighted by atomic mass is 32.1. The fraction of sp³-hybridized carbons (Fsp3) is 0.0244. The van der Waals surface area contributed by atoms with Gasteiger partial charge in [0, 0.05) is 21.2 Å². The van der Waals surface area contributed by atoms with Crippen LogP contribution in [0.5, 0.6) is 0 Å². The summed E-state index contributed by atoms with van der Waals surface area (Å²) >= 11 is 1.88. The maximum atomic E-state index is 3.83. The molecule has 7 aromatic carbocycles. The minimum absolute atomic E-state index is 0.375. The molecule has 0 bridgehead atoms. The number of benzene rings is 7. The smallest absolute Gasteiger partial charge is 0.0713 e. The van der Waals surface area contributed by atoms with Crippen LogP contribution in [0.15, 0.2) is 158 Å². The minimum Gasteiger partial charge on any atom is -0.354 e. The standard InChI is InChI=1S/C41H27NS/c1-3-13-28(14-4-1)41(29-15-5-2-6-16-29)36-20-10-9-18-32(36)35-26-30(23-25-37(35)41)42-38-21-11-19-33-34-24-22-27-12-7-8-17-31(27)39(34)43-40(33)38/h1-26,42H. The van der Waals surface area contributed by atoms with E-state index in [1.165, 1.54) is 64.3 Å². The second-order valence-corrected chi connectivity index (χ2v) is 12.4. The van der Waals surface area contributed by atoms with Gasteiger partial charge in [0.1, 0.15) is 0 Å². The Bertz CT molecular complexity index is 2280. The van der Waals surface area contributed by atoms with Crippen LogP contribution < -0.4 is 5.32 Å². The lowest BCUT2D eigenvalue weighted by Crippen LogP contribution is -2.28. The Morgan fingerprint density at radius 2 is 1.09 bits per heavy atom. The van der Waals surface area contributed by atoms with Gasteiger partial charge in [-0.15, -0.1) is 11.3 Å². The zero-order chi connectivity index (χ0) is 28.4. The van der Waals surface area contributed by atoms with Crippen molar-refractivity contribution in [2.24, 2.45) is 0 Å². The average Bonchev–Trinajstić information content (AvgIpc) is 3.61. The van der Waals surface area contributed by atoms with Crippen molar-refractivity contribution < 1.29 is 0 Å². The van der Waals surface area contributed by atoms with Crippen LogP contribution in [-0.2, 0) is 5.41 Å². The third kappa shape index (κ3) is 3.51. The molecule has 1 N–H and O–H groups in total. The van der Waals surface area contributed by atoms with Gasteiger partial charge in [-0.3, -0.25) is 0 Å². The molecule has 0 fully saturated rings. The molecule has 9 rings (SSSR count). The molecule has 0 atom stereocenters. The molecule has 1 aliphatic rings. The summed E-state index contributed by atoms with van der Waals surface area (Å²) in [6, 6.07) is 57.7. The third-order valence-electron chi connectivity index (χ3n) is 9.13. The van der Waals surface area contributed by atoms with Gasteiger partial charge >= 0.3 is 0 Å². The molecule has 1 aromatic heterocycles. The zero-order valence-corrected chi connectivity index (χ0v) is 24.2. The first-order chi connectivity index (χ1) is 21.3. The summed E-state index contributed by atoms with van der Waals surface area (Å²) in [5.74, 6) is 0. The van der Waals surface area contributed by atoms with Crippen molar-refractivity contribution in [1.82, 2.24) is 0 Å². The van der Waals surface area contributed by atoms with Crippen LogP contribution in [0, 0.1) is 0 Å². The SMILES string of the molecule is c1ccc(C2(c3ccccc3)c3ccccc3-c3cc(Nc4cccc5c4sc4c6ccccc6ccc54)ccc32)cc1. The van der Waals surface area contributed by atoms with E-state index < -0.39 is 0 Å². The lowest BCUT2D eigenvalue weighted by Gasteiger charge is -2.33. The van der Waals surface area contributed by atoms with E-state index in [1.54, 1.807) is 0 Å². The van der Waals surface area contributed by atoms with Crippen LogP contribution in [0.3, 0.4) is 0 Å². The van der Waals surface area contributed by atoms with Crippen LogP contribution in [0.2, 0.25) is 0 Å². The Hall–Kier alpha value is -5.18. The first-order valence-corrected chi connectivity index (χ1v) is 15.6. The Balaban J connectivity index is 1.23. The molecule has 0 aliphatic heterocycles. The fourth-order valence-electron chi connectivity index (χ4n) is 7.31. The van der Waals surface area contributed by atoms with Crippen molar-refractivity contribution in [2.75, 3.05) is 5.32 Å². The third-order valence-corrected chi connectivity index (χ3v) is 10.4. The van der Waals surface area contributed by atoms with E-state index in [9.17, 15) is 0 Å². The van der Waals surface area contributed by atoms with Gasteiger partial charge in [-0.2, -0.15) is 0 Å². The number of thiophene rings is 1.